The van der Waals surface area contributed by atoms with Crippen molar-refractivity contribution in [3.63, 3.8) is 0 Å². The van der Waals surface area contributed by atoms with Crippen LogP contribution in [0.25, 0.3) is 22.3 Å². The van der Waals surface area contributed by atoms with Crippen LogP contribution in [-0.2, 0) is 9.98 Å². The van der Waals surface area contributed by atoms with Gasteiger partial charge < -0.3 is 14.4 Å². The summed E-state index contributed by atoms with van der Waals surface area (Å²) < 4.78 is 15.8. The number of hydrogen-bond acceptors (Lipinski definition) is 3. The lowest BCUT2D eigenvalue weighted by Crippen LogP contribution is -2.36. The number of rotatable bonds is 5. The Morgan fingerprint density at radius 3 is 1.45 bits per heavy atom. The molecule has 0 fully saturated rings. The third-order valence-electron chi connectivity index (χ3n) is 11.4. The molecule has 10 rings (SSSR count). The fourth-order valence-electron chi connectivity index (χ4n) is 8.69. The minimum Gasteiger partial charge on any atom is -0.310 e. The average Bonchev–Trinajstić information content (AvgIpc) is 3.25. The van der Waals surface area contributed by atoms with Crippen LogP contribution in [0.5, 0.6) is 0 Å². The van der Waals surface area contributed by atoms with Crippen molar-refractivity contribution in [3.8, 4) is 22.3 Å². The number of fused-ring (bicyclic) bond motifs is 4. The van der Waals surface area contributed by atoms with Crippen molar-refractivity contribution < 1.29 is 4.57 Å². The summed E-state index contributed by atoms with van der Waals surface area (Å²) in [6.07, 6.45) is 0. The molecular weight excluding hydrogens is 688 g/mol. The second kappa shape index (κ2) is 12.9. The summed E-state index contributed by atoms with van der Waals surface area (Å²) in [6, 6.07) is 70.2. The summed E-state index contributed by atoms with van der Waals surface area (Å²) >= 11 is 0. The first-order chi connectivity index (χ1) is 26.9. The van der Waals surface area contributed by atoms with Gasteiger partial charge in [-0.05, 0) is 100 Å². The minimum atomic E-state index is -3.23. The van der Waals surface area contributed by atoms with Crippen LogP contribution in [0.4, 0.5) is 34.1 Å². The molecule has 0 aromatic heterocycles. The molecule has 2 heterocycles. The average molecular weight is 727 g/mol. The Balaban J connectivity index is 1.07. The van der Waals surface area contributed by atoms with Crippen LogP contribution in [0.1, 0.15) is 25.0 Å². The normalized spacial score (nSPS) is 16.4. The Bertz CT molecular complexity index is 2760. The smallest absolute Gasteiger partial charge is 0.175 e. The van der Waals surface area contributed by atoms with Gasteiger partial charge in [0, 0.05) is 32.7 Å². The van der Waals surface area contributed by atoms with E-state index in [1.165, 1.54) is 28.1 Å². The molecule has 1 unspecified atom stereocenters. The van der Waals surface area contributed by atoms with E-state index in [1.54, 1.807) is 0 Å². The van der Waals surface area contributed by atoms with Gasteiger partial charge in [0.2, 0.25) is 0 Å². The maximum Gasteiger partial charge on any atom is 0.175 e. The highest BCUT2D eigenvalue weighted by molar-refractivity contribution is 7.86. The predicted molar refractivity (Wildman–Crippen MR) is 232 cm³/mol. The standard InChI is InChI=1S/C51H39N2OP/c1-51(2)43-22-12-13-23-45(43)52(40-16-6-3-7-17-40)46-32-30-38(34-44(46)51)36-26-28-37(29-27-36)39-31-33-48-50(35-39)55(54,42-20-10-5-11-21-42)49-25-15-14-24-47(49)53(48)41-18-8-4-9-19-41/h3-35H,1-2H3. The molecule has 264 valence electrons. The summed E-state index contributed by atoms with van der Waals surface area (Å²) in [5, 5.41) is 2.55. The number of hydrogen-bond donors (Lipinski definition) is 0. The van der Waals surface area contributed by atoms with Gasteiger partial charge in [0.15, 0.2) is 7.14 Å². The summed E-state index contributed by atoms with van der Waals surface area (Å²) in [7, 11) is -3.23. The minimum absolute atomic E-state index is 0.185. The van der Waals surface area contributed by atoms with E-state index in [1.807, 2.05) is 54.6 Å². The Morgan fingerprint density at radius 2 is 0.818 bits per heavy atom. The summed E-state index contributed by atoms with van der Waals surface area (Å²) in [5.74, 6) is 0. The van der Waals surface area contributed by atoms with Crippen LogP contribution < -0.4 is 25.7 Å². The molecule has 55 heavy (non-hydrogen) atoms. The van der Waals surface area contributed by atoms with E-state index in [-0.39, 0.29) is 5.41 Å². The fourth-order valence-corrected chi connectivity index (χ4v) is 11.7. The second-order valence-electron chi connectivity index (χ2n) is 14.9. The Morgan fingerprint density at radius 1 is 0.382 bits per heavy atom. The van der Waals surface area contributed by atoms with Crippen LogP contribution in [0.3, 0.4) is 0 Å². The molecule has 1 atom stereocenters. The highest BCUT2D eigenvalue weighted by atomic mass is 31.2. The monoisotopic (exact) mass is 726 g/mol. The van der Waals surface area contributed by atoms with Gasteiger partial charge in [-0.1, -0.05) is 147 Å². The van der Waals surface area contributed by atoms with Crippen molar-refractivity contribution in [2.75, 3.05) is 9.80 Å². The van der Waals surface area contributed by atoms with Gasteiger partial charge in [0.1, 0.15) is 0 Å². The van der Waals surface area contributed by atoms with Gasteiger partial charge in [0.25, 0.3) is 0 Å². The molecule has 0 saturated carbocycles. The van der Waals surface area contributed by atoms with E-state index in [2.05, 4.69) is 169 Å². The highest BCUT2D eigenvalue weighted by Gasteiger charge is 2.41. The number of nitrogens with zero attached hydrogens (tertiary/aromatic N) is 2. The van der Waals surface area contributed by atoms with Crippen LogP contribution in [-0.4, -0.2) is 0 Å². The zero-order valence-electron chi connectivity index (χ0n) is 30.8. The SMILES string of the molecule is CC1(C)c2ccccc2N(c2ccccc2)c2ccc(-c3ccc(-c4ccc5c(c4)P(=O)(c4ccccc4)c4ccccc4N5c4ccccc4)cc3)cc21. The van der Waals surface area contributed by atoms with Crippen molar-refractivity contribution in [1.29, 1.82) is 0 Å². The molecule has 3 nitrogen and oxygen atoms in total. The lowest BCUT2D eigenvalue weighted by atomic mass is 9.73. The van der Waals surface area contributed by atoms with Crippen LogP contribution in [0.15, 0.2) is 200 Å². The van der Waals surface area contributed by atoms with Crippen molar-refractivity contribution in [2.24, 2.45) is 0 Å². The second-order valence-corrected chi connectivity index (χ2v) is 17.6. The van der Waals surface area contributed by atoms with Crippen molar-refractivity contribution in [1.82, 2.24) is 0 Å². The number of benzene rings is 8. The fraction of sp³-hybridized carbons (Fsp3) is 0.0588. The van der Waals surface area contributed by atoms with E-state index >= 15 is 4.57 Å². The first-order valence-corrected chi connectivity index (χ1v) is 20.6. The lowest BCUT2D eigenvalue weighted by molar-refractivity contribution is 0.592. The molecule has 0 radical (unpaired) electrons. The van der Waals surface area contributed by atoms with E-state index in [4.69, 9.17) is 0 Å². The van der Waals surface area contributed by atoms with Gasteiger partial charge in [-0.3, -0.25) is 0 Å². The third-order valence-corrected chi connectivity index (χ3v) is 14.6. The number of anilines is 6. The summed E-state index contributed by atoms with van der Waals surface area (Å²) in [5.41, 5.74) is 13.4. The van der Waals surface area contributed by atoms with Gasteiger partial charge in [-0.15, -0.1) is 0 Å². The van der Waals surface area contributed by atoms with E-state index in [0.29, 0.717) is 0 Å². The van der Waals surface area contributed by atoms with E-state index in [0.717, 1.165) is 55.4 Å². The first kappa shape index (κ1) is 33.2. The van der Waals surface area contributed by atoms with Crippen molar-refractivity contribution in [2.45, 2.75) is 19.3 Å². The van der Waals surface area contributed by atoms with Gasteiger partial charge in [-0.25, -0.2) is 0 Å². The Labute approximate surface area is 323 Å². The molecule has 8 aromatic carbocycles. The molecule has 2 aliphatic rings. The highest BCUT2D eigenvalue weighted by Crippen LogP contribution is 2.55. The van der Waals surface area contributed by atoms with Crippen molar-refractivity contribution in [3.05, 3.63) is 211 Å². The zero-order valence-corrected chi connectivity index (χ0v) is 31.7. The molecule has 0 bridgehead atoms. The molecule has 4 heteroatoms. The van der Waals surface area contributed by atoms with Crippen molar-refractivity contribution >= 4 is 57.2 Å². The van der Waals surface area contributed by atoms with Gasteiger partial charge in [-0.2, -0.15) is 0 Å². The first-order valence-electron chi connectivity index (χ1n) is 18.9. The molecular formula is C51H39N2OP. The van der Waals surface area contributed by atoms with Crippen LogP contribution >= 0.6 is 7.14 Å². The number of para-hydroxylation sites is 4. The quantitative estimate of drug-likeness (QED) is 0.165. The summed E-state index contributed by atoms with van der Waals surface area (Å²) in [6.45, 7) is 4.67. The predicted octanol–water partition coefficient (Wildman–Crippen LogP) is 12.6. The molecule has 2 aliphatic heterocycles. The van der Waals surface area contributed by atoms with Crippen LogP contribution in [0.2, 0.25) is 0 Å². The molecule has 8 aromatic rings. The Hall–Kier alpha value is -6.41. The largest absolute Gasteiger partial charge is 0.310 e. The molecule has 0 saturated heterocycles. The lowest BCUT2D eigenvalue weighted by Gasteiger charge is -2.42. The van der Waals surface area contributed by atoms with Gasteiger partial charge >= 0.3 is 0 Å². The Kier molecular flexibility index (Phi) is 7.76. The van der Waals surface area contributed by atoms with E-state index < -0.39 is 7.14 Å². The molecule has 0 aliphatic carbocycles. The topological polar surface area (TPSA) is 23.6 Å². The molecule has 0 N–H and O–H groups in total. The van der Waals surface area contributed by atoms with Crippen LogP contribution in [0, 0.1) is 0 Å². The zero-order chi connectivity index (χ0) is 37.1. The summed E-state index contributed by atoms with van der Waals surface area (Å²) in [4.78, 5) is 4.65. The van der Waals surface area contributed by atoms with E-state index in [9.17, 15) is 0 Å². The maximum atomic E-state index is 15.8. The molecule has 0 spiro atoms. The van der Waals surface area contributed by atoms with Gasteiger partial charge in [0.05, 0.1) is 22.7 Å². The molecule has 0 amide bonds. The third kappa shape index (κ3) is 5.22. The maximum absolute atomic E-state index is 15.8.